The van der Waals surface area contributed by atoms with E-state index in [1.807, 2.05) is 23.6 Å². The van der Waals surface area contributed by atoms with E-state index in [0.717, 1.165) is 31.4 Å². The van der Waals surface area contributed by atoms with Crippen molar-refractivity contribution >= 4 is 56.3 Å². The molecule has 0 bridgehead atoms. The Morgan fingerprint density at radius 3 is 2.96 bits per heavy atom. The third-order valence-corrected chi connectivity index (χ3v) is 6.26. The minimum absolute atomic E-state index is 0.0381. The quantitative estimate of drug-likeness (QED) is 0.388. The van der Waals surface area contributed by atoms with Gasteiger partial charge < -0.3 is 5.32 Å². The second kappa shape index (κ2) is 7.87. The number of ketones is 1. The van der Waals surface area contributed by atoms with E-state index in [1.54, 1.807) is 11.3 Å². The van der Waals surface area contributed by atoms with Crippen LogP contribution in [0.1, 0.15) is 21.5 Å². The molecular weight excluding hydrogens is 362 g/mol. The van der Waals surface area contributed by atoms with Crippen molar-refractivity contribution in [2.24, 2.45) is 0 Å². The topological polar surface area (TPSA) is 72.0 Å². The van der Waals surface area contributed by atoms with Crippen LogP contribution in [0, 0.1) is 0 Å². The third kappa shape index (κ3) is 4.19. The lowest BCUT2D eigenvalue weighted by Crippen LogP contribution is -2.22. The van der Waals surface area contributed by atoms with Crippen LogP contribution in [0.25, 0.3) is 10.2 Å². The minimum atomic E-state index is -0.0381. The molecule has 0 spiro atoms. The number of Topliss-reactive ketones (excluding diaryl/α,β-unsaturated/α-hetero) is 1. The van der Waals surface area contributed by atoms with E-state index in [9.17, 15) is 9.59 Å². The smallest absolute Gasteiger partial charge is 0.216 e. The van der Waals surface area contributed by atoms with Gasteiger partial charge in [-0.3, -0.25) is 9.59 Å². The number of carbonyl (C=O) groups excluding carboxylic acids is 2. The minimum Gasteiger partial charge on any atom is -0.356 e. The molecular formula is C16H15N3O2S3. The average molecular weight is 378 g/mol. The number of thiophene rings is 2. The van der Waals surface area contributed by atoms with Gasteiger partial charge in [0.15, 0.2) is 5.78 Å². The predicted octanol–water partition coefficient (Wildman–Crippen LogP) is 3.41. The largest absolute Gasteiger partial charge is 0.356 e. The van der Waals surface area contributed by atoms with Gasteiger partial charge in [-0.1, -0.05) is 11.8 Å². The van der Waals surface area contributed by atoms with Crippen LogP contribution < -0.4 is 5.32 Å². The van der Waals surface area contributed by atoms with E-state index >= 15 is 0 Å². The molecule has 3 heterocycles. The van der Waals surface area contributed by atoms with E-state index in [1.165, 1.54) is 36.3 Å². The Kier molecular flexibility index (Phi) is 5.60. The second-order valence-electron chi connectivity index (χ2n) is 5.03. The number of aromatic nitrogens is 2. The molecule has 3 aromatic heterocycles. The molecule has 0 saturated heterocycles. The first kappa shape index (κ1) is 17.1. The Hall–Kier alpha value is -1.77. The molecule has 0 radical (unpaired) electrons. The molecule has 0 aliphatic heterocycles. The van der Waals surface area contributed by atoms with E-state index in [0.29, 0.717) is 12.3 Å². The Morgan fingerprint density at radius 1 is 1.25 bits per heavy atom. The van der Waals surface area contributed by atoms with Crippen LogP contribution in [0.4, 0.5) is 0 Å². The van der Waals surface area contributed by atoms with Gasteiger partial charge in [0.2, 0.25) is 5.91 Å². The van der Waals surface area contributed by atoms with Gasteiger partial charge in [0.1, 0.15) is 16.2 Å². The highest BCUT2D eigenvalue weighted by molar-refractivity contribution is 8.00. The number of carbonyl (C=O) groups is 2. The van der Waals surface area contributed by atoms with Gasteiger partial charge in [0.25, 0.3) is 0 Å². The van der Waals surface area contributed by atoms with Gasteiger partial charge in [-0.05, 0) is 30.0 Å². The van der Waals surface area contributed by atoms with Crippen molar-refractivity contribution in [3.63, 3.8) is 0 Å². The molecule has 3 aromatic rings. The van der Waals surface area contributed by atoms with Crippen molar-refractivity contribution in [3.8, 4) is 0 Å². The fourth-order valence-electron chi connectivity index (χ4n) is 2.11. The first-order valence-corrected chi connectivity index (χ1v) is 9.99. The van der Waals surface area contributed by atoms with Crippen LogP contribution >= 0.6 is 34.4 Å². The van der Waals surface area contributed by atoms with Crippen LogP contribution in [-0.4, -0.2) is 34.0 Å². The fourth-order valence-corrected chi connectivity index (χ4v) is 4.81. The number of rotatable bonds is 7. The molecule has 1 amide bonds. The normalized spacial score (nSPS) is 10.9. The highest BCUT2D eigenvalue weighted by atomic mass is 32.2. The maximum absolute atomic E-state index is 12.4. The fraction of sp³-hybridized carbons (Fsp3) is 0.250. The molecule has 0 aliphatic carbocycles. The summed E-state index contributed by atoms with van der Waals surface area (Å²) in [6.45, 7) is 2.09. The summed E-state index contributed by atoms with van der Waals surface area (Å²) in [5.41, 5.74) is 0. The Bertz CT molecular complexity index is 872. The summed E-state index contributed by atoms with van der Waals surface area (Å²) in [5, 5.41) is 6.58. The molecule has 8 heteroatoms. The van der Waals surface area contributed by atoms with E-state index in [-0.39, 0.29) is 11.7 Å². The maximum Gasteiger partial charge on any atom is 0.216 e. The first-order chi connectivity index (χ1) is 11.6. The van der Waals surface area contributed by atoms with Crippen molar-refractivity contribution < 1.29 is 9.59 Å². The lowest BCUT2D eigenvalue weighted by molar-refractivity contribution is -0.118. The number of amides is 1. The highest BCUT2D eigenvalue weighted by Gasteiger charge is 2.12. The highest BCUT2D eigenvalue weighted by Crippen LogP contribution is 2.28. The number of fused-ring (bicyclic) bond motifs is 1. The zero-order valence-electron chi connectivity index (χ0n) is 12.9. The molecule has 0 aromatic carbocycles. The summed E-state index contributed by atoms with van der Waals surface area (Å²) in [5.74, 6) is 0.412. The number of hydrogen-bond acceptors (Lipinski definition) is 7. The summed E-state index contributed by atoms with van der Waals surface area (Å²) < 4.78 is 0. The monoisotopic (exact) mass is 377 g/mol. The summed E-state index contributed by atoms with van der Waals surface area (Å²) in [4.78, 5) is 34.5. The summed E-state index contributed by atoms with van der Waals surface area (Å²) in [6.07, 6.45) is 2.28. The van der Waals surface area contributed by atoms with Crippen LogP contribution in [0.5, 0.6) is 0 Å². The lowest BCUT2D eigenvalue weighted by atomic mass is 10.3. The van der Waals surface area contributed by atoms with Gasteiger partial charge in [0, 0.05) is 23.7 Å². The van der Waals surface area contributed by atoms with Crippen LogP contribution in [0.3, 0.4) is 0 Å². The van der Waals surface area contributed by atoms with Crippen molar-refractivity contribution in [2.75, 3.05) is 12.3 Å². The standard InChI is InChI=1S/C16H15N3O2S3/c1-10(20)17-6-4-11-2-3-14(24-11)13(21)8-23-16-12-5-7-22-15(12)18-9-19-16/h2-3,5,7,9H,4,6,8H2,1H3,(H,17,20). The van der Waals surface area contributed by atoms with Crippen molar-refractivity contribution in [2.45, 2.75) is 18.4 Å². The summed E-state index contributed by atoms with van der Waals surface area (Å²) in [7, 11) is 0. The van der Waals surface area contributed by atoms with Gasteiger partial charge >= 0.3 is 0 Å². The Morgan fingerprint density at radius 2 is 2.12 bits per heavy atom. The van der Waals surface area contributed by atoms with Crippen LogP contribution in [0.2, 0.25) is 0 Å². The number of thioether (sulfide) groups is 1. The van der Waals surface area contributed by atoms with Gasteiger partial charge in [-0.15, -0.1) is 22.7 Å². The molecule has 0 unspecified atom stereocenters. The summed E-state index contributed by atoms with van der Waals surface area (Å²) in [6, 6.07) is 5.79. The molecule has 0 saturated carbocycles. The predicted molar refractivity (Wildman–Crippen MR) is 99.2 cm³/mol. The molecule has 0 aliphatic rings. The lowest BCUT2D eigenvalue weighted by Gasteiger charge is -2.01. The first-order valence-electron chi connectivity index (χ1n) is 7.31. The molecule has 0 atom stereocenters. The third-order valence-electron chi connectivity index (χ3n) is 3.25. The average Bonchev–Trinajstić information content (AvgIpc) is 3.21. The zero-order chi connectivity index (χ0) is 16.9. The number of hydrogen-bond donors (Lipinski definition) is 1. The Labute approximate surface area is 151 Å². The second-order valence-corrected chi connectivity index (χ2v) is 8.06. The van der Waals surface area contributed by atoms with Crippen LogP contribution in [0.15, 0.2) is 34.9 Å². The molecule has 3 rings (SSSR count). The molecule has 1 N–H and O–H groups in total. The molecule has 124 valence electrons. The number of nitrogens with one attached hydrogen (secondary N) is 1. The van der Waals surface area contributed by atoms with E-state index < -0.39 is 0 Å². The van der Waals surface area contributed by atoms with Gasteiger partial charge in [0.05, 0.1) is 10.6 Å². The Balaban J connectivity index is 1.58. The van der Waals surface area contributed by atoms with Crippen molar-refractivity contribution in [1.82, 2.24) is 15.3 Å². The SMILES string of the molecule is CC(=O)NCCc1ccc(C(=O)CSc2ncnc3sccc23)s1. The van der Waals surface area contributed by atoms with Crippen molar-refractivity contribution in [3.05, 3.63) is 39.7 Å². The molecule has 24 heavy (non-hydrogen) atoms. The summed E-state index contributed by atoms with van der Waals surface area (Å²) >= 11 is 4.50. The van der Waals surface area contributed by atoms with E-state index in [4.69, 9.17) is 0 Å². The zero-order valence-corrected chi connectivity index (χ0v) is 15.4. The maximum atomic E-state index is 12.4. The van der Waals surface area contributed by atoms with E-state index in [2.05, 4.69) is 15.3 Å². The van der Waals surface area contributed by atoms with Crippen LogP contribution in [-0.2, 0) is 11.2 Å². The number of nitrogens with zero attached hydrogens (tertiary/aromatic N) is 2. The van der Waals surface area contributed by atoms with Gasteiger partial charge in [-0.2, -0.15) is 0 Å². The van der Waals surface area contributed by atoms with Gasteiger partial charge in [-0.25, -0.2) is 9.97 Å². The molecule has 5 nitrogen and oxygen atoms in total. The molecule has 0 fully saturated rings. The van der Waals surface area contributed by atoms with Crippen molar-refractivity contribution in [1.29, 1.82) is 0 Å².